The minimum atomic E-state index is -2.06. The summed E-state index contributed by atoms with van der Waals surface area (Å²) in [6.45, 7) is 24.1. The van der Waals surface area contributed by atoms with Crippen LogP contribution in [0, 0.1) is 23.7 Å². The first-order valence-electron chi connectivity index (χ1n) is 23.0. The number of carbonyl (C=O) groups is 4. The summed E-state index contributed by atoms with van der Waals surface area (Å²) >= 11 is 0. The first-order valence-corrected chi connectivity index (χ1v) is 23.0. The molecule has 3 aliphatic rings. The first kappa shape index (κ1) is 57.2. The molecule has 18 atom stereocenters. The smallest absolute Gasteiger partial charge is 0.331 e. The largest absolute Gasteiger partial charge is 0.459 e. The second-order valence-electron chi connectivity index (χ2n) is 19.5. The predicted octanol–water partition coefficient (Wildman–Crippen LogP) is 3.85. The van der Waals surface area contributed by atoms with E-state index in [1.54, 1.807) is 55.4 Å². The van der Waals surface area contributed by atoms with Gasteiger partial charge in [-0.1, -0.05) is 39.4 Å². The van der Waals surface area contributed by atoms with Crippen molar-refractivity contribution in [2.45, 2.75) is 200 Å². The van der Waals surface area contributed by atoms with Crippen molar-refractivity contribution < 1.29 is 82.0 Å². The Hall–Kier alpha value is -3.11. The number of esters is 3. The second-order valence-corrected chi connectivity index (χ2v) is 19.5. The molecule has 0 radical (unpaired) electrons. The Labute approximate surface area is 391 Å². The van der Waals surface area contributed by atoms with Crippen LogP contribution in [0.5, 0.6) is 0 Å². The highest BCUT2D eigenvalue weighted by Gasteiger charge is 2.55. The number of aliphatic hydroxyl groups excluding tert-OH is 2. The van der Waals surface area contributed by atoms with E-state index in [0.717, 1.165) is 0 Å². The normalized spacial score (nSPS) is 41.4. The Morgan fingerprint density at radius 2 is 1.50 bits per heavy atom. The molecule has 66 heavy (non-hydrogen) atoms. The van der Waals surface area contributed by atoms with E-state index in [1.165, 1.54) is 34.8 Å². The molecule has 1 unspecified atom stereocenters. The van der Waals surface area contributed by atoms with Crippen molar-refractivity contribution in [3.8, 4) is 0 Å². The van der Waals surface area contributed by atoms with E-state index in [4.69, 9.17) is 47.5 Å². The van der Waals surface area contributed by atoms with E-state index in [1.807, 2.05) is 25.9 Å². The minimum absolute atomic E-state index is 0.00313. The van der Waals surface area contributed by atoms with Gasteiger partial charge in [-0.2, -0.15) is 0 Å². The number of cyclic esters (lactones) is 1. The lowest BCUT2D eigenvalue weighted by Crippen LogP contribution is -2.62. The van der Waals surface area contributed by atoms with Crippen LogP contribution in [0.4, 0.5) is 0 Å². The Balaban J connectivity index is 2.45. The van der Waals surface area contributed by atoms with Crippen LogP contribution >= 0.6 is 0 Å². The molecule has 0 aromatic carbocycles. The molecule has 3 N–H and O–H groups in total. The zero-order valence-electron chi connectivity index (χ0n) is 42.1. The van der Waals surface area contributed by atoms with Gasteiger partial charge in [-0.05, 0) is 80.5 Å². The van der Waals surface area contributed by atoms with Gasteiger partial charge in [-0.3, -0.25) is 14.4 Å². The van der Waals surface area contributed by atoms with E-state index in [9.17, 15) is 34.5 Å². The molecule has 19 heteroatoms. The van der Waals surface area contributed by atoms with Crippen molar-refractivity contribution in [2.24, 2.45) is 28.8 Å². The van der Waals surface area contributed by atoms with Gasteiger partial charge < -0.3 is 67.7 Å². The maximum absolute atomic E-state index is 14.7. The zero-order chi connectivity index (χ0) is 50.2. The average molecular weight is 945 g/mol. The number of rotatable bonds is 14. The zero-order valence-corrected chi connectivity index (χ0v) is 42.1. The van der Waals surface area contributed by atoms with Gasteiger partial charge >= 0.3 is 23.9 Å². The molecule has 0 aliphatic carbocycles. The summed E-state index contributed by atoms with van der Waals surface area (Å²) in [5.74, 6) is -6.39. The average Bonchev–Trinajstić information content (AvgIpc) is 3.23. The molecule has 0 saturated carbocycles. The Kier molecular flexibility index (Phi) is 20.8. The van der Waals surface area contributed by atoms with Crippen molar-refractivity contribution >= 4 is 29.6 Å². The number of likely N-dealkylation sites (N-methyl/N-ethyl adjacent to an activating group) is 1. The van der Waals surface area contributed by atoms with Gasteiger partial charge in [0.05, 0.1) is 67.0 Å². The van der Waals surface area contributed by atoms with Gasteiger partial charge in [-0.15, -0.1) is 0 Å². The lowest BCUT2D eigenvalue weighted by Gasteiger charge is -2.50. The summed E-state index contributed by atoms with van der Waals surface area (Å²) < 4.78 is 57.6. The Morgan fingerprint density at radius 1 is 0.879 bits per heavy atom. The number of ether oxygens (including phenoxy) is 9. The summed E-state index contributed by atoms with van der Waals surface area (Å²) in [5.41, 5.74) is -4.20. The molecule has 380 valence electrons. The van der Waals surface area contributed by atoms with Crippen molar-refractivity contribution in [2.75, 3.05) is 34.4 Å². The number of oxime groups is 1. The third kappa shape index (κ3) is 14.0. The third-order valence-electron chi connectivity index (χ3n) is 13.5. The van der Waals surface area contributed by atoms with Crippen LogP contribution in [0.15, 0.2) is 17.3 Å². The fraction of sp³-hybridized carbons (Fsp3) is 0.851. The van der Waals surface area contributed by atoms with Gasteiger partial charge in [0, 0.05) is 52.1 Å². The van der Waals surface area contributed by atoms with E-state index in [-0.39, 0.29) is 43.7 Å². The van der Waals surface area contributed by atoms with Crippen molar-refractivity contribution in [3.05, 3.63) is 12.2 Å². The van der Waals surface area contributed by atoms with Gasteiger partial charge in [0.1, 0.15) is 17.3 Å². The van der Waals surface area contributed by atoms with Crippen molar-refractivity contribution in [3.63, 3.8) is 0 Å². The maximum atomic E-state index is 14.7. The standard InChI is InChI=1S/C47H80N2O17/c1-18-35-47(14,56)40(54)27(5)37(48-66-33(11)53)25(3)20-46(13,58-23-24(2)22-50)41(65-44-39(61-31(9)51)34(49(15)16)19-26(4)59-44)28(6)38(29(7)43(55)63-35)64-36-21-45(12,57-17)42(30(8)60-36)62-32(10)52/h25-30,34-36,38-42,44,50,54,56H,2,18-23H2,1,3-17H3/b48-37+/t25-,26-,27+,28+,29-,30+,34+,35-,36?,38+,39-,40-,41-,42+,44+,45-,46-,47-/m1/s1. The number of methoxy groups -OCH3 is 1. The summed E-state index contributed by atoms with van der Waals surface area (Å²) in [5, 5.41) is 38.5. The lowest BCUT2D eigenvalue weighted by molar-refractivity contribution is -0.321. The molecule has 19 nitrogen and oxygen atoms in total. The quantitative estimate of drug-likeness (QED) is 0.0737. The summed E-state index contributed by atoms with van der Waals surface area (Å²) in [4.78, 5) is 59.1. The van der Waals surface area contributed by atoms with Crippen LogP contribution < -0.4 is 0 Å². The third-order valence-corrected chi connectivity index (χ3v) is 13.5. The molecule has 3 saturated heterocycles. The second kappa shape index (κ2) is 23.9. The van der Waals surface area contributed by atoms with E-state index in [0.29, 0.717) is 12.0 Å². The molecule has 3 aliphatic heterocycles. The van der Waals surface area contributed by atoms with Crippen molar-refractivity contribution in [1.82, 2.24) is 4.90 Å². The van der Waals surface area contributed by atoms with Crippen LogP contribution in [0.2, 0.25) is 0 Å². The molecule has 3 fully saturated rings. The van der Waals surface area contributed by atoms with Gasteiger partial charge in [0.15, 0.2) is 24.8 Å². The maximum Gasteiger partial charge on any atom is 0.331 e. The Bertz CT molecular complexity index is 1690. The summed E-state index contributed by atoms with van der Waals surface area (Å²) in [6.07, 6.45) is -9.82. The molecular formula is C47H80N2O17. The highest BCUT2D eigenvalue weighted by Crippen LogP contribution is 2.43. The highest BCUT2D eigenvalue weighted by atomic mass is 16.7. The summed E-state index contributed by atoms with van der Waals surface area (Å²) in [7, 11) is 5.21. The molecule has 0 amide bonds. The molecule has 3 rings (SSSR count). The molecule has 0 spiro atoms. The number of nitrogens with zero attached hydrogens (tertiary/aromatic N) is 2. The number of hydrogen-bond acceptors (Lipinski definition) is 19. The van der Waals surface area contributed by atoms with Crippen LogP contribution in [0.25, 0.3) is 0 Å². The molecule has 3 heterocycles. The van der Waals surface area contributed by atoms with Crippen LogP contribution in [-0.2, 0) is 66.6 Å². The number of aliphatic hydroxyl groups is 3. The van der Waals surface area contributed by atoms with Gasteiger partial charge in [-0.25, -0.2) is 4.79 Å². The predicted molar refractivity (Wildman–Crippen MR) is 240 cm³/mol. The molecular weight excluding hydrogens is 865 g/mol. The Morgan fingerprint density at radius 3 is 2.03 bits per heavy atom. The van der Waals surface area contributed by atoms with E-state index < -0.39 is 126 Å². The van der Waals surface area contributed by atoms with E-state index in [2.05, 4.69) is 11.7 Å². The molecule has 0 aromatic heterocycles. The number of carbonyl (C=O) groups excluding carboxylic acids is 4. The first-order chi connectivity index (χ1) is 30.6. The fourth-order valence-electron chi connectivity index (χ4n) is 9.83. The summed E-state index contributed by atoms with van der Waals surface area (Å²) in [6, 6.07) is -0.365. The monoisotopic (exact) mass is 945 g/mol. The van der Waals surface area contributed by atoms with Crippen LogP contribution in [0.3, 0.4) is 0 Å². The SMILES string of the molecule is C=C(CO)CO[C@]1(C)C[C@@H](C)/C(=N\OC(C)=O)[C@H](C)[C@@H](O)[C@](C)(O)[C@@H](CC)OC(=O)[C@H](C)[C@@H](OC2C[C@@](C)(OC)[C@@H](OC(C)=O)[C@H](C)O2)[C@H](C)[C@H]1O[C@@H]1O[C@H](C)C[C@H](N(C)C)[C@H]1OC(C)=O. The van der Waals surface area contributed by atoms with Crippen LogP contribution in [-0.4, -0.2) is 168 Å². The van der Waals surface area contributed by atoms with Crippen LogP contribution in [0.1, 0.15) is 116 Å². The minimum Gasteiger partial charge on any atom is -0.459 e. The molecule has 0 aromatic rings. The van der Waals surface area contributed by atoms with Gasteiger partial charge in [0.25, 0.3) is 0 Å². The van der Waals surface area contributed by atoms with E-state index >= 15 is 0 Å². The highest BCUT2D eigenvalue weighted by molar-refractivity contribution is 5.89. The topological polar surface area (TPSA) is 237 Å². The fourth-order valence-corrected chi connectivity index (χ4v) is 9.83. The number of hydrogen-bond donors (Lipinski definition) is 3. The van der Waals surface area contributed by atoms with Crippen molar-refractivity contribution in [1.29, 1.82) is 0 Å². The van der Waals surface area contributed by atoms with Gasteiger partial charge in [0.2, 0.25) is 0 Å². The lowest BCUT2D eigenvalue weighted by atomic mass is 9.73. The molecule has 0 bridgehead atoms.